The Morgan fingerprint density at radius 3 is 3.40 bits per heavy atom. The molecule has 2 rings (SSSR count). The van der Waals surface area contributed by atoms with Crippen molar-refractivity contribution in [2.24, 2.45) is 0 Å². The summed E-state index contributed by atoms with van der Waals surface area (Å²) in [5, 5.41) is 9.25. The van der Waals surface area contributed by atoms with Crippen LogP contribution in [0.3, 0.4) is 0 Å². The fourth-order valence-electron chi connectivity index (χ4n) is 1.52. The first-order valence-electron chi connectivity index (χ1n) is 3.69. The van der Waals surface area contributed by atoms with Gasteiger partial charge < -0.3 is 10.1 Å². The Morgan fingerprint density at radius 1 is 1.60 bits per heavy atom. The van der Waals surface area contributed by atoms with Crippen LogP contribution in [0.5, 0.6) is 0 Å². The minimum atomic E-state index is -0.119. The van der Waals surface area contributed by atoms with Crippen molar-refractivity contribution in [3.8, 4) is 0 Å². The van der Waals surface area contributed by atoms with Crippen molar-refractivity contribution in [3.63, 3.8) is 0 Å². The molecule has 2 heteroatoms. The average molecular weight is 137 g/mol. The number of fused-ring (bicyclic) bond motifs is 1. The van der Waals surface area contributed by atoms with Gasteiger partial charge in [-0.25, -0.2) is 0 Å². The second-order valence-electron chi connectivity index (χ2n) is 2.88. The fourth-order valence-corrected chi connectivity index (χ4v) is 1.52. The Bertz CT molecular complexity index is 229. The van der Waals surface area contributed by atoms with Crippen LogP contribution in [0.15, 0.2) is 12.3 Å². The van der Waals surface area contributed by atoms with Crippen LogP contribution in [-0.2, 0) is 12.8 Å². The quantitative estimate of drug-likeness (QED) is 0.546. The first kappa shape index (κ1) is 5.98. The summed E-state index contributed by atoms with van der Waals surface area (Å²) in [4.78, 5) is 3.13. The molecule has 1 aromatic rings. The first-order chi connectivity index (χ1) is 4.86. The van der Waals surface area contributed by atoms with Gasteiger partial charge in [0.05, 0.1) is 6.10 Å². The number of hydrogen-bond donors (Lipinski definition) is 2. The summed E-state index contributed by atoms with van der Waals surface area (Å²) in [5.41, 5.74) is 2.60. The van der Waals surface area contributed by atoms with Crippen LogP contribution in [-0.4, -0.2) is 16.2 Å². The third kappa shape index (κ3) is 0.847. The molecule has 10 heavy (non-hydrogen) atoms. The molecule has 2 nitrogen and oxygen atoms in total. The number of aromatic amines is 1. The Morgan fingerprint density at radius 2 is 2.50 bits per heavy atom. The van der Waals surface area contributed by atoms with E-state index in [-0.39, 0.29) is 6.10 Å². The lowest BCUT2D eigenvalue weighted by atomic mass is 9.96. The zero-order chi connectivity index (χ0) is 6.97. The SMILES string of the molecule is OC1CCc2cc[nH]c2C1. The predicted octanol–water partition coefficient (Wildman–Crippen LogP) is 0.864. The molecule has 0 fully saturated rings. The van der Waals surface area contributed by atoms with E-state index in [1.54, 1.807) is 0 Å². The maximum Gasteiger partial charge on any atom is 0.0598 e. The highest BCUT2D eigenvalue weighted by atomic mass is 16.3. The van der Waals surface area contributed by atoms with Crippen molar-refractivity contribution in [2.45, 2.75) is 25.4 Å². The average Bonchev–Trinajstić information content (AvgIpc) is 2.33. The topological polar surface area (TPSA) is 36.0 Å². The molecule has 1 unspecified atom stereocenters. The molecule has 2 N–H and O–H groups in total. The lowest BCUT2D eigenvalue weighted by Crippen LogP contribution is -2.17. The lowest BCUT2D eigenvalue weighted by molar-refractivity contribution is 0.157. The number of aryl methyl sites for hydroxylation is 1. The Labute approximate surface area is 59.9 Å². The van der Waals surface area contributed by atoms with Crippen LogP contribution in [0.25, 0.3) is 0 Å². The molecular formula is C8H11NO. The van der Waals surface area contributed by atoms with Crippen LogP contribution in [0, 0.1) is 0 Å². The third-order valence-corrected chi connectivity index (χ3v) is 2.12. The van der Waals surface area contributed by atoms with E-state index in [9.17, 15) is 5.11 Å². The molecular weight excluding hydrogens is 126 g/mol. The highest BCUT2D eigenvalue weighted by Crippen LogP contribution is 2.19. The standard InChI is InChI=1S/C8H11NO/c10-7-2-1-6-3-4-9-8(6)5-7/h3-4,7,9-10H,1-2,5H2. The number of rotatable bonds is 0. The fraction of sp³-hybridized carbons (Fsp3) is 0.500. The second-order valence-corrected chi connectivity index (χ2v) is 2.88. The van der Waals surface area contributed by atoms with Crippen molar-refractivity contribution < 1.29 is 5.11 Å². The maximum atomic E-state index is 9.25. The third-order valence-electron chi connectivity index (χ3n) is 2.12. The van der Waals surface area contributed by atoms with Gasteiger partial charge in [-0.2, -0.15) is 0 Å². The molecule has 1 aliphatic rings. The molecule has 0 radical (unpaired) electrons. The molecule has 1 aromatic heterocycles. The van der Waals surface area contributed by atoms with Gasteiger partial charge in [0.2, 0.25) is 0 Å². The van der Waals surface area contributed by atoms with Crippen molar-refractivity contribution >= 4 is 0 Å². The van der Waals surface area contributed by atoms with Crippen LogP contribution in [0.4, 0.5) is 0 Å². The van der Waals surface area contributed by atoms with E-state index < -0.39 is 0 Å². The van der Waals surface area contributed by atoms with Crippen molar-refractivity contribution in [3.05, 3.63) is 23.5 Å². The zero-order valence-corrected chi connectivity index (χ0v) is 5.80. The van der Waals surface area contributed by atoms with Crippen LogP contribution < -0.4 is 0 Å². The van der Waals surface area contributed by atoms with Gasteiger partial charge in [0, 0.05) is 18.3 Å². The molecule has 1 aliphatic carbocycles. The minimum Gasteiger partial charge on any atom is -0.393 e. The number of nitrogens with one attached hydrogen (secondary N) is 1. The number of aliphatic hydroxyl groups is 1. The van der Waals surface area contributed by atoms with Gasteiger partial charge in [0.15, 0.2) is 0 Å². The van der Waals surface area contributed by atoms with E-state index in [0.717, 1.165) is 19.3 Å². The highest BCUT2D eigenvalue weighted by Gasteiger charge is 2.16. The monoisotopic (exact) mass is 137 g/mol. The van der Waals surface area contributed by atoms with E-state index in [4.69, 9.17) is 0 Å². The Kier molecular flexibility index (Phi) is 1.27. The Balaban J connectivity index is 2.30. The predicted molar refractivity (Wildman–Crippen MR) is 38.8 cm³/mol. The van der Waals surface area contributed by atoms with E-state index in [2.05, 4.69) is 11.1 Å². The number of aromatic nitrogens is 1. The van der Waals surface area contributed by atoms with Gasteiger partial charge in [-0.1, -0.05) is 0 Å². The summed E-state index contributed by atoms with van der Waals surface area (Å²) in [7, 11) is 0. The molecule has 0 aromatic carbocycles. The summed E-state index contributed by atoms with van der Waals surface area (Å²) in [6, 6.07) is 2.10. The summed E-state index contributed by atoms with van der Waals surface area (Å²) in [6.45, 7) is 0. The van der Waals surface area contributed by atoms with E-state index in [1.807, 2.05) is 6.20 Å². The summed E-state index contributed by atoms with van der Waals surface area (Å²) >= 11 is 0. The van der Waals surface area contributed by atoms with Gasteiger partial charge >= 0.3 is 0 Å². The van der Waals surface area contributed by atoms with Crippen molar-refractivity contribution in [2.75, 3.05) is 0 Å². The second kappa shape index (κ2) is 2.13. The first-order valence-corrected chi connectivity index (χ1v) is 3.69. The van der Waals surface area contributed by atoms with Crippen LogP contribution in [0.1, 0.15) is 17.7 Å². The van der Waals surface area contributed by atoms with Gasteiger partial charge in [-0.3, -0.25) is 0 Å². The summed E-state index contributed by atoms with van der Waals surface area (Å²) in [5.74, 6) is 0. The molecule has 0 saturated heterocycles. The van der Waals surface area contributed by atoms with Crippen molar-refractivity contribution in [1.82, 2.24) is 4.98 Å². The van der Waals surface area contributed by atoms with E-state index in [0.29, 0.717) is 0 Å². The van der Waals surface area contributed by atoms with Crippen LogP contribution in [0.2, 0.25) is 0 Å². The summed E-state index contributed by atoms with van der Waals surface area (Å²) < 4.78 is 0. The van der Waals surface area contributed by atoms with Crippen molar-refractivity contribution in [1.29, 1.82) is 0 Å². The summed E-state index contributed by atoms with van der Waals surface area (Å²) in [6.07, 6.45) is 4.58. The lowest BCUT2D eigenvalue weighted by Gasteiger charge is -2.16. The molecule has 1 heterocycles. The van der Waals surface area contributed by atoms with Crippen LogP contribution >= 0.6 is 0 Å². The largest absolute Gasteiger partial charge is 0.393 e. The van der Waals surface area contributed by atoms with Gasteiger partial charge in [0.1, 0.15) is 0 Å². The van der Waals surface area contributed by atoms with E-state index >= 15 is 0 Å². The molecule has 0 spiro atoms. The number of H-pyrrole nitrogens is 1. The molecule has 0 bridgehead atoms. The maximum absolute atomic E-state index is 9.25. The molecule has 1 atom stereocenters. The smallest absolute Gasteiger partial charge is 0.0598 e. The van der Waals surface area contributed by atoms with Gasteiger partial charge in [-0.05, 0) is 24.5 Å². The Hall–Kier alpha value is -0.760. The van der Waals surface area contributed by atoms with Gasteiger partial charge in [-0.15, -0.1) is 0 Å². The zero-order valence-electron chi connectivity index (χ0n) is 5.80. The normalized spacial score (nSPS) is 24.3. The molecule has 0 amide bonds. The van der Waals surface area contributed by atoms with Gasteiger partial charge in [0.25, 0.3) is 0 Å². The molecule has 0 aliphatic heterocycles. The number of aliphatic hydroxyl groups excluding tert-OH is 1. The molecule has 0 saturated carbocycles. The molecule has 54 valence electrons. The number of hydrogen-bond acceptors (Lipinski definition) is 1. The minimum absolute atomic E-state index is 0.119. The highest BCUT2D eigenvalue weighted by molar-refractivity contribution is 5.23. The van der Waals surface area contributed by atoms with E-state index in [1.165, 1.54) is 11.3 Å².